The van der Waals surface area contributed by atoms with Gasteiger partial charge in [-0.05, 0) is 55.4 Å². The van der Waals surface area contributed by atoms with Crippen molar-refractivity contribution < 1.29 is 28.6 Å². The number of carbonyl (C=O) groups excluding carboxylic acids is 3. The largest absolute Gasteiger partial charge is 0.490 e. The van der Waals surface area contributed by atoms with E-state index in [2.05, 4.69) is 6.07 Å². The van der Waals surface area contributed by atoms with Crippen molar-refractivity contribution in [3.63, 3.8) is 0 Å². The number of hydrogen-bond donors (Lipinski definition) is 0. The van der Waals surface area contributed by atoms with E-state index in [0.717, 1.165) is 16.7 Å². The SMILES string of the molecule is CCOC(=O)CN1C(=O)S/C(=C/c2cc(Cl)c(OCc3ccccc3C#N)c(OCC)c2)C1=O. The minimum atomic E-state index is -0.660. The van der Waals surface area contributed by atoms with E-state index < -0.39 is 23.7 Å². The summed E-state index contributed by atoms with van der Waals surface area (Å²) in [5.41, 5.74) is 1.70. The van der Waals surface area contributed by atoms with Crippen molar-refractivity contribution in [2.24, 2.45) is 0 Å². The van der Waals surface area contributed by atoms with Crippen molar-refractivity contribution in [2.45, 2.75) is 20.5 Å². The van der Waals surface area contributed by atoms with Crippen LogP contribution < -0.4 is 9.47 Å². The molecule has 176 valence electrons. The number of thioether (sulfide) groups is 1. The Morgan fingerprint density at radius 1 is 1.18 bits per heavy atom. The molecule has 3 rings (SSSR count). The van der Waals surface area contributed by atoms with Crippen LogP contribution in [0.15, 0.2) is 41.3 Å². The molecule has 1 fully saturated rings. The van der Waals surface area contributed by atoms with Gasteiger partial charge in [0, 0.05) is 5.56 Å². The van der Waals surface area contributed by atoms with Crippen molar-refractivity contribution in [2.75, 3.05) is 19.8 Å². The summed E-state index contributed by atoms with van der Waals surface area (Å²) in [6.07, 6.45) is 1.50. The number of esters is 1. The first-order chi connectivity index (χ1) is 16.4. The number of benzene rings is 2. The van der Waals surface area contributed by atoms with Crippen LogP contribution >= 0.6 is 23.4 Å². The summed E-state index contributed by atoms with van der Waals surface area (Å²) < 4.78 is 16.4. The van der Waals surface area contributed by atoms with Crippen molar-refractivity contribution >= 4 is 46.6 Å². The van der Waals surface area contributed by atoms with E-state index in [1.54, 1.807) is 44.2 Å². The molecule has 0 atom stereocenters. The molecule has 0 N–H and O–H groups in total. The third-order valence-electron chi connectivity index (χ3n) is 4.61. The zero-order valence-corrected chi connectivity index (χ0v) is 20.1. The van der Waals surface area contributed by atoms with Crippen LogP contribution in [0.1, 0.15) is 30.5 Å². The van der Waals surface area contributed by atoms with E-state index in [1.807, 2.05) is 6.07 Å². The minimum absolute atomic E-state index is 0.107. The van der Waals surface area contributed by atoms with Gasteiger partial charge in [0.25, 0.3) is 11.1 Å². The summed E-state index contributed by atoms with van der Waals surface area (Å²) in [4.78, 5) is 37.5. The molecule has 0 saturated carbocycles. The number of rotatable bonds is 9. The van der Waals surface area contributed by atoms with Gasteiger partial charge in [-0.15, -0.1) is 0 Å². The molecule has 34 heavy (non-hydrogen) atoms. The number of amides is 2. The quantitative estimate of drug-likeness (QED) is 0.357. The Bertz CT molecular complexity index is 1190. The van der Waals surface area contributed by atoms with Crippen LogP contribution in [0.2, 0.25) is 5.02 Å². The fraction of sp³-hybridized carbons (Fsp3) is 0.250. The zero-order chi connectivity index (χ0) is 24.7. The maximum Gasteiger partial charge on any atom is 0.326 e. The third-order valence-corrected chi connectivity index (χ3v) is 5.79. The lowest BCUT2D eigenvalue weighted by Crippen LogP contribution is -2.34. The predicted octanol–water partition coefficient (Wildman–Crippen LogP) is 4.79. The lowest BCUT2D eigenvalue weighted by molar-refractivity contribution is -0.145. The molecule has 10 heteroatoms. The molecule has 0 aliphatic carbocycles. The molecule has 0 bridgehead atoms. The summed E-state index contributed by atoms with van der Waals surface area (Å²) in [6.45, 7) is 3.59. The fourth-order valence-electron chi connectivity index (χ4n) is 3.10. The average Bonchev–Trinajstić information content (AvgIpc) is 3.06. The van der Waals surface area contributed by atoms with E-state index in [1.165, 1.54) is 6.08 Å². The number of nitrogens with zero attached hydrogens (tertiary/aromatic N) is 2. The van der Waals surface area contributed by atoms with Crippen LogP contribution in [0.3, 0.4) is 0 Å². The summed E-state index contributed by atoms with van der Waals surface area (Å²) in [5, 5.41) is 8.94. The maximum absolute atomic E-state index is 12.6. The van der Waals surface area contributed by atoms with Gasteiger partial charge in [-0.1, -0.05) is 29.8 Å². The Morgan fingerprint density at radius 3 is 2.65 bits per heavy atom. The van der Waals surface area contributed by atoms with Gasteiger partial charge in [-0.3, -0.25) is 19.3 Å². The molecule has 1 aliphatic heterocycles. The monoisotopic (exact) mass is 500 g/mol. The van der Waals surface area contributed by atoms with Gasteiger partial charge in [-0.25, -0.2) is 0 Å². The fourth-order valence-corrected chi connectivity index (χ4v) is 4.21. The van der Waals surface area contributed by atoms with Crippen LogP contribution in [0, 0.1) is 11.3 Å². The highest BCUT2D eigenvalue weighted by molar-refractivity contribution is 8.18. The first kappa shape index (κ1) is 25.1. The Labute approximate surface area is 206 Å². The second-order valence-electron chi connectivity index (χ2n) is 6.89. The molecule has 2 aromatic rings. The number of hydrogen-bond acceptors (Lipinski definition) is 8. The van der Waals surface area contributed by atoms with Gasteiger partial charge in [0.1, 0.15) is 13.2 Å². The number of nitriles is 1. The van der Waals surface area contributed by atoms with Crippen LogP contribution in [0.4, 0.5) is 4.79 Å². The van der Waals surface area contributed by atoms with Crippen LogP contribution in [-0.4, -0.2) is 41.8 Å². The number of imide groups is 1. The predicted molar refractivity (Wildman–Crippen MR) is 127 cm³/mol. The first-order valence-corrected chi connectivity index (χ1v) is 11.6. The van der Waals surface area contributed by atoms with Crippen molar-refractivity contribution in [1.82, 2.24) is 4.90 Å². The van der Waals surface area contributed by atoms with Gasteiger partial charge in [-0.2, -0.15) is 5.26 Å². The summed E-state index contributed by atoms with van der Waals surface area (Å²) >= 11 is 7.19. The Morgan fingerprint density at radius 2 is 1.94 bits per heavy atom. The Hall–Kier alpha value is -3.48. The Balaban J connectivity index is 1.84. The molecule has 8 nitrogen and oxygen atoms in total. The van der Waals surface area contributed by atoms with Crippen LogP contribution in [0.5, 0.6) is 11.5 Å². The van der Waals surface area contributed by atoms with E-state index >= 15 is 0 Å². The average molecular weight is 501 g/mol. The molecule has 1 saturated heterocycles. The standard InChI is InChI=1S/C24H21ClN2O6S/c1-3-31-19-10-15(11-20-23(29)27(24(30)34-20)13-21(28)32-4-2)9-18(25)22(19)33-14-17-8-6-5-7-16(17)12-26/h5-11H,3-4,13-14H2,1-2H3/b20-11+. The molecule has 1 heterocycles. The second kappa shape index (κ2) is 11.6. The van der Waals surface area contributed by atoms with Crippen molar-refractivity contribution in [3.8, 4) is 17.6 Å². The highest BCUT2D eigenvalue weighted by Crippen LogP contribution is 2.39. The number of carbonyl (C=O) groups is 3. The molecular weight excluding hydrogens is 480 g/mol. The lowest BCUT2D eigenvalue weighted by atomic mass is 10.1. The van der Waals surface area contributed by atoms with Gasteiger partial charge in [0.15, 0.2) is 11.5 Å². The van der Waals surface area contributed by atoms with Crippen LogP contribution in [-0.2, 0) is 20.9 Å². The molecule has 0 spiro atoms. The molecule has 2 aromatic carbocycles. The third kappa shape index (κ3) is 5.90. The van der Waals surface area contributed by atoms with Gasteiger partial charge in [0.2, 0.25) is 0 Å². The van der Waals surface area contributed by atoms with Crippen molar-refractivity contribution in [3.05, 3.63) is 63.0 Å². The molecule has 0 aromatic heterocycles. The highest BCUT2D eigenvalue weighted by Gasteiger charge is 2.36. The second-order valence-corrected chi connectivity index (χ2v) is 8.29. The molecular formula is C24H21ClN2O6S. The lowest BCUT2D eigenvalue weighted by Gasteiger charge is -2.15. The summed E-state index contributed by atoms with van der Waals surface area (Å²) in [6, 6.07) is 12.4. The molecule has 1 aliphatic rings. The maximum atomic E-state index is 12.6. The van der Waals surface area contributed by atoms with Gasteiger partial charge >= 0.3 is 5.97 Å². The van der Waals surface area contributed by atoms with E-state index in [0.29, 0.717) is 34.8 Å². The molecule has 0 unspecified atom stereocenters. The zero-order valence-electron chi connectivity index (χ0n) is 18.5. The summed E-state index contributed by atoms with van der Waals surface area (Å²) in [7, 11) is 0. The van der Waals surface area contributed by atoms with Gasteiger partial charge in [0.05, 0.1) is 34.8 Å². The Kier molecular flexibility index (Phi) is 8.57. The smallest absolute Gasteiger partial charge is 0.326 e. The molecule has 2 amide bonds. The summed E-state index contributed by atoms with van der Waals surface area (Å²) in [5.74, 6) is -0.608. The minimum Gasteiger partial charge on any atom is -0.490 e. The first-order valence-electron chi connectivity index (χ1n) is 10.4. The van der Waals surface area contributed by atoms with Crippen LogP contribution in [0.25, 0.3) is 6.08 Å². The normalized spacial score (nSPS) is 14.3. The number of ether oxygens (including phenoxy) is 3. The topological polar surface area (TPSA) is 106 Å². The van der Waals surface area contributed by atoms with Gasteiger partial charge < -0.3 is 14.2 Å². The van der Waals surface area contributed by atoms with E-state index in [4.69, 9.17) is 25.8 Å². The van der Waals surface area contributed by atoms with Crippen molar-refractivity contribution in [1.29, 1.82) is 5.26 Å². The van der Waals surface area contributed by atoms with E-state index in [-0.39, 0.29) is 23.1 Å². The van der Waals surface area contributed by atoms with E-state index in [9.17, 15) is 19.6 Å². The molecule has 0 radical (unpaired) electrons. The highest BCUT2D eigenvalue weighted by atomic mass is 35.5. The number of halogens is 1.